The van der Waals surface area contributed by atoms with Crippen molar-refractivity contribution in [1.82, 2.24) is 29.6 Å². The minimum Gasteiger partial charge on any atom is -0.482 e. The Morgan fingerprint density at radius 1 is 1.20 bits per heavy atom. The van der Waals surface area contributed by atoms with Gasteiger partial charge >= 0.3 is 0 Å². The Labute approximate surface area is 276 Å². The van der Waals surface area contributed by atoms with Crippen molar-refractivity contribution in [2.24, 2.45) is 5.92 Å². The van der Waals surface area contributed by atoms with Crippen LogP contribution in [0, 0.1) is 17.2 Å². The average molecular weight is 659 g/mol. The fourth-order valence-corrected chi connectivity index (χ4v) is 7.61. The van der Waals surface area contributed by atoms with Gasteiger partial charge in [0.2, 0.25) is 0 Å². The number of likely N-dealkylation sites (tertiary alicyclic amines) is 1. The molecule has 1 amide bonds. The van der Waals surface area contributed by atoms with Crippen molar-refractivity contribution in [3.8, 4) is 22.9 Å². The van der Waals surface area contributed by atoms with E-state index in [4.69, 9.17) is 31.2 Å². The molecular weight excluding hydrogens is 624 g/mol. The highest BCUT2D eigenvalue weighted by Gasteiger charge is 2.37. The number of thioether (sulfide) groups is 1. The van der Waals surface area contributed by atoms with E-state index in [1.54, 1.807) is 4.90 Å². The Hall–Kier alpha value is -3.76. The Kier molecular flexibility index (Phi) is 8.59. The number of benzene rings is 1. The lowest BCUT2D eigenvalue weighted by Crippen LogP contribution is -2.55. The van der Waals surface area contributed by atoms with Crippen LogP contribution in [0.1, 0.15) is 43.4 Å². The van der Waals surface area contributed by atoms with Crippen LogP contribution in [-0.2, 0) is 22.5 Å². The van der Waals surface area contributed by atoms with Crippen molar-refractivity contribution in [2.75, 3.05) is 44.1 Å². The van der Waals surface area contributed by atoms with Gasteiger partial charge < -0.3 is 9.47 Å². The monoisotopic (exact) mass is 658 g/mol. The first-order valence-corrected chi connectivity index (χ1v) is 17.2. The molecule has 1 aromatic carbocycles. The highest BCUT2D eigenvalue weighted by molar-refractivity contribution is 7.99. The van der Waals surface area contributed by atoms with E-state index >= 15 is 0 Å². The summed E-state index contributed by atoms with van der Waals surface area (Å²) < 4.78 is 13.5. The van der Waals surface area contributed by atoms with E-state index in [1.807, 2.05) is 36.2 Å². The predicted octanol–water partition coefficient (Wildman–Crippen LogP) is 4.91. The summed E-state index contributed by atoms with van der Waals surface area (Å²) >= 11 is 7.83. The molecule has 46 heavy (non-hydrogen) atoms. The predicted molar refractivity (Wildman–Crippen MR) is 177 cm³/mol. The molecule has 2 atom stereocenters. The number of anilines is 1. The number of halogens is 1. The molecule has 3 aromatic heterocycles. The van der Waals surface area contributed by atoms with Crippen LogP contribution in [0.25, 0.3) is 22.2 Å². The standard InChI is InChI=1S/C33H35ClN8O3S/c1-19(2)8-25-23(10-35)32(20-4-5-26-28(9-20)45-18-31(43)41(26)15-30-36-11-21(34)12-37-30)24-13-38-42(33(24)39-25)27-6-7-40(14-29(27)46-3)22-16-44-17-22/h4-5,9,11-13,19,22,27,29H,6-8,14-18H2,1-3H3/t27-,29-/m1/s1. The molecule has 3 aliphatic rings. The zero-order valence-corrected chi connectivity index (χ0v) is 27.6. The van der Waals surface area contributed by atoms with E-state index in [1.165, 1.54) is 12.4 Å². The maximum Gasteiger partial charge on any atom is 0.265 e. The molecule has 0 aliphatic carbocycles. The second-order valence-corrected chi connectivity index (χ2v) is 13.9. The van der Waals surface area contributed by atoms with Gasteiger partial charge in [0.05, 0.1) is 60.0 Å². The number of pyridine rings is 1. The van der Waals surface area contributed by atoms with Gasteiger partial charge in [-0.05, 0) is 42.7 Å². The number of hydrogen-bond donors (Lipinski definition) is 0. The molecule has 0 saturated carbocycles. The fourth-order valence-electron chi connectivity index (χ4n) is 6.60. The quantitative estimate of drug-likeness (QED) is 0.258. The van der Waals surface area contributed by atoms with Gasteiger partial charge in [-0.25, -0.2) is 19.6 Å². The molecule has 13 heteroatoms. The molecule has 11 nitrogen and oxygen atoms in total. The van der Waals surface area contributed by atoms with E-state index in [0.29, 0.717) is 51.5 Å². The molecule has 0 radical (unpaired) electrons. The number of carbonyl (C=O) groups is 1. The number of rotatable bonds is 8. The summed E-state index contributed by atoms with van der Waals surface area (Å²) in [7, 11) is 0. The van der Waals surface area contributed by atoms with Gasteiger partial charge in [0, 0.05) is 41.7 Å². The average Bonchev–Trinajstić information content (AvgIpc) is 3.44. The summed E-state index contributed by atoms with van der Waals surface area (Å²) in [6.07, 6.45) is 8.67. The molecule has 3 aliphatic heterocycles. The normalized spacial score (nSPS) is 20.4. The van der Waals surface area contributed by atoms with Crippen molar-refractivity contribution in [1.29, 1.82) is 5.26 Å². The summed E-state index contributed by atoms with van der Waals surface area (Å²) in [6, 6.07) is 8.86. The Bertz CT molecular complexity index is 1820. The second-order valence-electron chi connectivity index (χ2n) is 12.4. The number of aromatic nitrogens is 5. The molecule has 238 valence electrons. The molecule has 2 fully saturated rings. The molecule has 7 rings (SSSR count). The van der Waals surface area contributed by atoms with Crippen molar-refractivity contribution >= 4 is 46.0 Å². The smallest absolute Gasteiger partial charge is 0.265 e. The summed E-state index contributed by atoms with van der Waals surface area (Å²) in [5, 5.41) is 17.1. The van der Waals surface area contributed by atoms with E-state index in [2.05, 4.69) is 45.7 Å². The lowest BCUT2D eigenvalue weighted by Gasteiger charge is -2.44. The van der Waals surface area contributed by atoms with E-state index in [9.17, 15) is 10.1 Å². The number of amides is 1. The Morgan fingerprint density at radius 3 is 2.70 bits per heavy atom. The van der Waals surface area contributed by atoms with Gasteiger partial charge in [-0.2, -0.15) is 22.1 Å². The first-order valence-electron chi connectivity index (χ1n) is 15.5. The van der Waals surface area contributed by atoms with Crippen LogP contribution in [0.5, 0.6) is 5.75 Å². The van der Waals surface area contributed by atoms with E-state index in [-0.39, 0.29) is 25.1 Å². The maximum absolute atomic E-state index is 12.9. The number of piperidine rings is 1. The Balaban J connectivity index is 1.30. The van der Waals surface area contributed by atoms with Crippen LogP contribution in [0.15, 0.2) is 36.8 Å². The lowest BCUT2D eigenvalue weighted by atomic mass is 9.93. The third kappa shape index (κ3) is 5.70. The zero-order valence-electron chi connectivity index (χ0n) is 26.0. The lowest BCUT2D eigenvalue weighted by molar-refractivity contribution is -0.121. The van der Waals surface area contributed by atoms with Crippen molar-refractivity contribution in [2.45, 2.75) is 50.6 Å². The van der Waals surface area contributed by atoms with Gasteiger partial charge in [-0.3, -0.25) is 14.6 Å². The topological polar surface area (TPSA) is 122 Å². The molecule has 6 heterocycles. The van der Waals surface area contributed by atoms with E-state index < -0.39 is 0 Å². The molecule has 0 N–H and O–H groups in total. The first kappa shape index (κ1) is 30.9. The van der Waals surface area contributed by atoms with E-state index in [0.717, 1.165) is 60.6 Å². The molecule has 4 aromatic rings. The van der Waals surface area contributed by atoms with Crippen molar-refractivity contribution < 1.29 is 14.3 Å². The number of nitrogens with zero attached hydrogens (tertiary/aromatic N) is 8. The van der Waals surface area contributed by atoms with Crippen LogP contribution in [0.2, 0.25) is 5.02 Å². The molecular formula is C33H35ClN8O3S. The third-order valence-corrected chi connectivity index (χ3v) is 10.3. The summed E-state index contributed by atoms with van der Waals surface area (Å²) in [6.45, 7) is 7.92. The molecule has 0 unspecified atom stereocenters. The van der Waals surface area contributed by atoms with Gasteiger partial charge in [0.15, 0.2) is 12.3 Å². The zero-order chi connectivity index (χ0) is 31.9. The SMILES string of the molecule is CS[C@@H]1CN(C2COC2)CC[C@H]1n1ncc2c(-c3ccc4c(c3)OCC(=O)N4Cc3ncc(Cl)cn3)c(C#N)c(CC(C)C)nc21. The van der Waals surface area contributed by atoms with Crippen LogP contribution in [0.4, 0.5) is 5.69 Å². The number of fused-ring (bicyclic) bond motifs is 2. The summed E-state index contributed by atoms with van der Waals surface area (Å²) in [5.41, 5.74) is 4.32. The minimum absolute atomic E-state index is 0.112. The Morgan fingerprint density at radius 2 is 2.00 bits per heavy atom. The van der Waals surface area contributed by atoms with Gasteiger partial charge in [0.25, 0.3) is 5.91 Å². The van der Waals surface area contributed by atoms with Gasteiger partial charge in [-0.15, -0.1) is 0 Å². The fraction of sp³-hybridized carbons (Fsp3) is 0.455. The molecule has 0 spiro atoms. The molecule has 2 saturated heterocycles. The summed E-state index contributed by atoms with van der Waals surface area (Å²) in [4.78, 5) is 30.8. The maximum atomic E-state index is 12.9. The van der Waals surface area contributed by atoms with Crippen LogP contribution >= 0.6 is 23.4 Å². The second kappa shape index (κ2) is 12.8. The first-order chi connectivity index (χ1) is 22.3. The number of hydrogen-bond acceptors (Lipinski definition) is 10. The highest BCUT2D eigenvalue weighted by Crippen LogP contribution is 2.42. The van der Waals surface area contributed by atoms with Gasteiger partial charge in [-0.1, -0.05) is 31.5 Å². The number of nitriles is 1. The highest BCUT2D eigenvalue weighted by atomic mass is 35.5. The minimum atomic E-state index is -0.192. The number of ether oxygens (including phenoxy) is 2. The van der Waals surface area contributed by atoms with Crippen LogP contribution < -0.4 is 9.64 Å². The van der Waals surface area contributed by atoms with Crippen molar-refractivity contribution in [3.05, 3.63) is 58.9 Å². The van der Waals surface area contributed by atoms with Crippen molar-refractivity contribution in [3.63, 3.8) is 0 Å². The third-order valence-electron chi connectivity index (χ3n) is 9.01. The largest absolute Gasteiger partial charge is 0.482 e. The summed E-state index contributed by atoms with van der Waals surface area (Å²) in [5.74, 6) is 1.13. The van der Waals surface area contributed by atoms with Gasteiger partial charge in [0.1, 0.15) is 17.6 Å². The van der Waals surface area contributed by atoms with Crippen LogP contribution in [0.3, 0.4) is 0 Å². The van der Waals surface area contributed by atoms with Crippen LogP contribution in [-0.4, -0.2) is 86.0 Å². The molecule has 0 bridgehead atoms. The number of carbonyl (C=O) groups excluding carboxylic acids is 1.